The first-order valence-corrected chi connectivity index (χ1v) is 6.21. The van der Waals surface area contributed by atoms with Gasteiger partial charge in [0.25, 0.3) is 0 Å². The van der Waals surface area contributed by atoms with Crippen LogP contribution in [0.1, 0.15) is 19.8 Å². The third kappa shape index (κ3) is 2.41. The van der Waals surface area contributed by atoms with Crippen molar-refractivity contribution in [2.75, 3.05) is 18.0 Å². The number of hydrogen-bond donors (Lipinski definition) is 2. The summed E-state index contributed by atoms with van der Waals surface area (Å²) in [6, 6.07) is 1.27. The summed E-state index contributed by atoms with van der Waals surface area (Å²) in [6.45, 7) is 3.25. The molecule has 6 heteroatoms. The normalized spacial score (nSPS) is 18.7. The van der Waals surface area contributed by atoms with E-state index in [1.807, 2.05) is 11.8 Å². The van der Waals surface area contributed by atoms with Gasteiger partial charge in [-0.3, -0.25) is 5.41 Å². The highest BCUT2D eigenvalue weighted by Crippen LogP contribution is 2.33. The molecule has 2 heterocycles. The molecule has 0 unspecified atom stereocenters. The molecule has 3 N–H and O–H groups in total. The zero-order valence-corrected chi connectivity index (χ0v) is 11.0. The molecule has 1 saturated heterocycles. The molecule has 1 fully saturated rings. The number of piperidine rings is 1. The van der Waals surface area contributed by atoms with Gasteiger partial charge < -0.3 is 10.6 Å². The third-order valence-corrected chi connectivity index (χ3v) is 3.81. The average molecular weight is 271 g/mol. The average Bonchev–Trinajstić information content (AvgIpc) is 2.31. The summed E-state index contributed by atoms with van der Waals surface area (Å²) in [4.78, 5) is 5.90. The molecular formula is C12H16ClFN4. The molecular weight excluding hydrogens is 255 g/mol. The maximum atomic E-state index is 13.7. The van der Waals surface area contributed by atoms with Crippen molar-refractivity contribution in [1.29, 1.82) is 5.41 Å². The Morgan fingerprint density at radius 1 is 1.56 bits per heavy atom. The zero-order valence-electron chi connectivity index (χ0n) is 10.2. The molecule has 1 aliphatic rings. The molecule has 4 nitrogen and oxygen atoms in total. The molecule has 2 rings (SSSR count). The Morgan fingerprint density at radius 3 is 2.67 bits per heavy atom. The summed E-state index contributed by atoms with van der Waals surface area (Å²) in [7, 11) is 0. The molecule has 0 saturated carbocycles. The lowest BCUT2D eigenvalue weighted by Crippen LogP contribution is -2.45. The molecule has 18 heavy (non-hydrogen) atoms. The van der Waals surface area contributed by atoms with Gasteiger partial charge in [0.2, 0.25) is 0 Å². The molecule has 1 aromatic heterocycles. The van der Waals surface area contributed by atoms with Gasteiger partial charge in [0.1, 0.15) is 0 Å². The largest absolute Gasteiger partial charge is 0.387 e. The first-order chi connectivity index (χ1) is 8.42. The number of amidine groups is 1. The second-order valence-electron chi connectivity index (χ2n) is 4.92. The van der Waals surface area contributed by atoms with E-state index in [1.54, 1.807) is 0 Å². The van der Waals surface area contributed by atoms with Crippen molar-refractivity contribution < 1.29 is 4.39 Å². The second-order valence-corrected chi connectivity index (χ2v) is 5.36. The Balaban J connectivity index is 2.12. The molecule has 0 amide bonds. The standard InChI is InChI=1S/C12H16ClFN4/c1-12(11(15)16)2-4-18(5-3-12)10-9(14)6-8(13)7-17-10/h6-7H,2-5H2,1H3,(H3,15,16). The molecule has 0 spiro atoms. The van der Waals surface area contributed by atoms with E-state index in [0.29, 0.717) is 23.9 Å². The number of nitrogens with two attached hydrogens (primary N) is 1. The van der Waals surface area contributed by atoms with Crippen LogP contribution in [-0.2, 0) is 0 Å². The van der Waals surface area contributed by atoms with E-state index >= 15 is 0 Å². The van der Waals surface area contributed by atoms with Crippen LogP contribution >= 0.6 is 11.6 Å². The molecule has 1 aliphatic heterocycles. The van der Waals surface area contributed by atoms with Crippen molar-refractivity contribution >= 4 is 23.3 Å². The number of aromatic nitrogens is 1. The Hall–Kier alpha value is -1.36. The highest BCUT2D eigenvalue weighted by Gasteiger charge is 2.33. The van der Waals surface area contributed by atoms with Gasteiger partial charge in [-0.05, 0) is 18.9 Å². The summed E-state index contributed by atoms with van der Waals surface area (Å²) in [5.74, 6) is 0.116. The van der Waals surface area contributed by atoms with E-state index < -0.39 is 5.82 Å². The van der Waals surface area contributed by atoms with Crippen molar-refractivity contribution in [3.05, 3.63) is 23.1 Å². The van der Waals surface area contributed by atoms with Crippen LogP contribution in [0.3, 0.4) is 0 Å². The topological polar surface area (TPSA) is 66.0 Å². The lowest BCUT2D eigenvalue weighted by Gasteiger charge is -2.39. The molecule has 98 valence electrons. The van der Waals surface area contributed by atoms with Gasteiger partial charge >= 0.3 is 0 Å². The van der Waals surface area contributed by atoms with Crippen molar-refractivity contribution in [2.24, 2.45) is 11.1 Å². The fourth-order valence-corrected chi connectivity index (χ4v) is 2.27. The second kappa shape index (κ2) is 4.72. The van der Waals surface area contributed by atoms with Crippen molar-refractivity contribution in [3.8, 4) is 0 Å². The Kier molecular flexibility index (Phi) is 3.43. The number of anilines is 1. The molecule has 0 bridgehead atoms. The number of nitrogens with zero attached hydrogens (tertiary/aromatic N) is 2. The smallest absolute Gasteiger partial charge is 0.167 e. The van der Waals surface area contributed by atoms with Crippen LogP contribution in [0.2, 0.25) is 5.02 Å². The Bertz CT molecular complexity index is 469. The van der Waals surface area contributed by atoms with Crippen LogP contribution < -0.4 is 10.6 Å². The van der Waals surface area contributed by atoms with Gasteiger partial charge in [-0.1, -0.05) is 18.5 Å². The number of hydrogen-bond acceptors (Lipinski definition) is 3. The first kappa shape index (κ1) is 13.1. The maximum absolute atomic E-state index is 13.7. The van der Waals surface area contributed by atoms with Gasteiger partial charge in [-0.25, -0.2) is 9.37 Å². The van der Waals surface area contributed by atoms with Crippen LogP contribution in [0.25, 0.3) is 0 Å². The lowest BCUT2D eigenvalue weighted by molar-refractivity contribution is 0.348. The van der Waals surface area contributed by atoms with E-state index in [2.05, 4.69) is 4.98 Å². The SMILES string of the molecule is CC1(C(=N)N)CCN(c2ncc(Cl)cc2F)CC1. The minimum absolute atomic E-state index is 0.201. The summed E-state index contributed by atoms with van der Waals surface area (Å²) in [5.41, 5.74) is 5.31. The van der Waals surface area contributed by atoms with Gasteiger partial charge in [-0.2, -0.15) is 0 Å². The highest BCUT2D eigenvalue weighted by molar-refractivity contribution is 6.30. The summed E-state index contributed by atoms with van der Waals surface area (Å²) < 4.78 is 13.7. The molecule has 1 aromatic rings. The molecule has 0 aromatic carbocycles. The van der Waals surface area contributed by atoms with Gasteiger partial charge in [-0.15, -0.1) is 0 Å². The predicted octanol–water partition coefficient (Wildman–Crippen LogP) is 2.42. The maximum Gasteiger partial charge on any atom is 0.167 e. The Morgan fingerprint density at radius 2 is 2.17 bits per heavy atom. The van der Waals surface area contributed by atoms with E-state index in [1.165, 1.54) is 12.3 Å². The van der Waals surface area contributed by atoms with Crippen LogP contribution in [0.4, 0.5) is 10.2 Å². The fourth-order valence-electron chi connectivity index (χ4n) is 2.12. The summed E-state index contributed by atoms with van der Waals surface area (Å²) in [5, 5.41) is 7.87. The zero-order chi connectivity index (χ0) is 13.3. The predicted molar refractivity (Wildman–Crippen MR) is 70.7 cm³/mol. The molecule has 0 radical (unpaired) electrons. The fraction of sp³-hybridized carbons (Fsp3) is 0.500. The molecule has 0 aliphatic carbocycles. The Labute approximate surface area is 110 Å². The monoisotopic (exact) mass is 270 g/mol. The van der Waals surface area contributed by atoms with Crippen molar-refractivity contribution in [1.82, 2.24) is 4.98 Å². The van der Waals surface area contributed by atoms with E-state index in [9.17, 15) is 4.39 Å². The van der Waals surface area contributed by atoms with Crippen molar-refractivity contribution in [2.45, 2.75) is 19.8 Å². The van der Waals surface area contributed by atoms with Crippen LogP contribution in [-0.4, -0.2) is 23.9 Å². The van der Waals surface area contributed by atoms with Gasteiger partial charge in [0, 0.05) is 24.7 Å². The first-order valence-electron chi connectivity index (χ1n) is 5.83. The quantitative estimate of drug-likeness (QED) is 0.641. The minimum atomic E-state index is -0.408. The van der Waals surface area contributed by atoms with Crippen molar-refractivity contribution in [3.63, 3.8) is 0 Å². The van der Waals surface area contributed by atoms with E-state index in [-0.39, 0.29) is 11.3 Å². The third-order valence-electron chi connectivity index (χ3n) is 3.61. The molecule has 0 atom stereocenters. The number of nitrogens with one attached hydrogen (secondary N) is 1. The summed E-state index contributed by atoms with van der Waals surface area (Å²) in [6.07, 6.45) is 2.90. The van der Waals surface area contributed by atoms with E-state index in [4.69, 9.17) is 22.7 Å². The van der Waals surface area contributed by atoms with E-state index in [0.717, 1.165) is 12.8 Å². The lowest BCUT2D eigenvalue weighted by atomic mass is 9.79. The summed E-state index contributed by atoms with van der Waals surface area (Å²) >= 11 is 5.68. The van der Waals surface area contributed by atoms with Gasteiger partial charge in [0.15, 0.2) is 11.6 Å². The van der Waals surface area contributed by atoms with Gasteiger partial charge in [0.05, 0.1) is 10.9 Å². The van der Waals surface area contributed by atoms with Crippen LogP contribution in [0.15, 0.2) is 12.3 Å². The van der Waals surface area contributed by atoms with Crippen LogP contribution in [0.5, 0.6) is 0 Å². The minimum Gasteiger partial charge on any atom is -0.387 e. The number of halogens is 2. The van der Waals surface area contributed by atoms with Crippen LogP contribution in [0, 0.1) is 16.6 Å². The number of pyridine rings is 1. The number of rotatable bonds is 2. The highest BCUT2D eigenvalue weighted by atomic mass is 35.5.